The normalized spacial score (nSPS) is 16.2. The highest BCUT2D eigenvalue weighted by Crippen LogP contribution is 2.29. The molecule has 0 atom stereocenters. The first-order valence-electron chi connectivity index (χ1n) is 7.57. The van der Waals surface area contributed by atoms with Gasteiger partial charge in [0.1, 0.15) is 0 Å². The quantitative estimate of drug-likeness (QED) is 0.852. The third-order valence-corrected chi connectivity index (χ3v) is 3.82. The summed E-state index contributed by atoms with van der Waals surface area (Å²) in [6, 6.07) is 5.14. The maximum atomic E-state index is 4.43. The van der Waals surface area contributed by atoms with Gasteiger partial charge in [-0.1, -0.05) is 26.7 Å². The van der Waals surface area contributed by atoms with Gasteiger partial charge in [-0.15, -0.1) is 0 Å². The van der Waals surface area contributed by atoms with Gasteiger partial charge in [0.25, 0.3) is 0 Å². The Bertz CT molecular complexity index is 383. The number of pyridine rings is 1. The zero-order chi connectivity index (χ0) is 13.7. The van der Waals surface area contributed by atoms with Crippen LogP contribution in [0, 0.1) is 5.92 Å². The minimum absolute atomic E-state index is 0.696. The maximum Gasteiger partial charge on any atom is 0.0562 e. The van der Waals surface area contributed by atoms with Gasteiger partial charge in [0, 0.05) is 31.0 Å². The minimum Gasteiger partial charge on any atom is -0.368 e. The van der Waals surface area contributed by atoms with Crippen LogP contribution >= 0.6 is 0 Å². The van der Waals surface area contributed by atoms with Crippen molar-refractivity contribution in [3.8, 4) is 0 Å². The highest BCUT2D eigenvalue weighted by atomic mass is 15.2. The van der Waals surface area contributed by atoms with Gasteiger partial charge in [0.05, 0.1) is 5.69 Å². The first-order chi connectivity index (χ1) is 9.20. The third kappa shape index (κ3) is 3.93. The van der Waals surface area contributed by atoms with Crippen molar-refractivity contribution in [2.45, 2.75) is 52.1 Å². The Morgan fingerprint density at radius 3 is 2.74 bits per heavy atom. The van der Waals surface area contributed by atoms with Crippen LogP contribution in [0.3, 0.4) is 0 Å². The largest absolute Gasteiger partial charge is 0.368 e. The van der Waals surface area contributed by atoms with Crippen LogP contribution in [0.25, 0.3) is 0 Å². The van der Waals surface area contributed by atoms with Crippen LogP contribution in [0.5, 0.6) is 0 Å². The highest BCUT2D eigenvalue weighted by Gasteiger charge is 2.23. The van der Waals surface area contributed by atoms with E-state index >= 15 is 0 Å². The molecule has 0 radical (unpaired) electrons. The molecule has 1 heterocycles. The fourth-order valence-electron chi connectivity index (χ4n) is 3.00. The van der Waals surface area contributed by atoms with E-state index in [-0.39, 0.29) is 0 Å². The van der Waals surface area contributed by atoms with E-state index in [1.807, 2.05) is 13.2 Å². The topological polar surface area (TPSA) is 28.2 Å². The van der Waals surface area contributed by atoms with Crippen LogP contribution in [-0.2, 0) is 6.54 Å². The van der Waals surface area contributed by atoms with Crippen molar-refractivity contribution in [3.63, 3.8) is 0 Å². The van der Waals surface area contributed by atoms with Crippen LogP contribution in [0.15, 0.2) is 18.3 Å². The number of hydrogen-bond acceptors (Lipinski definition) is 3. The van der Waals surface area contributed by atoms with Gasteiger partial charge in [0.15, 0.2) is 0 Å². The molecule has 0 spiro atoms. The Morgan fingerprint density at radius 1 is 1.37 bits per heavy atom. The van der Waals surface area contributed by atoms with E-state index in [4.69, 9.17) is 0 Å². The zero-order valence-electron chi connectivity index (χ0n) is 12.5. The van der Waals surface area contributed by atoms with E-state index in [1.54, 1.807) is 0 Å². The lowest BCUT2D eigenvalue weighted by Gasteiger charge is -2.33. The van der Waals surface area contributed by atoms with Gasteiger partial charge >= 0.3 is 0 Å². The smallest absolute Gasteiger partial charge is 0.0562 e. The third-order valence-electron chi connectivity index (χ3n) is 3.82. The molecule has 19 heavy (non-hydrogen) atoms. The summed E-state index contributed by atoms with van der Waals surface area (Å²) in [6.07, 6.45) is 7.40. The number of hydrogen-bond donors (Lipinski definition) is 1. The second-order valence-corrected chi connectivity index (χ2v) is 6.02. The molecule has 0 aromatic carbocycles. The summed E-state index contributed by atoms with van der Waals surface area (Å²) in [5, 5.41) is 3.18. The van der Waals surface area contributed by atoms with Crippen molar-refractivity contribution in [1.82, 2.24) is 10.3 Å². The van der Waals surface area contributed by atoms with Gasteiger partial charge in [0.2, 0.25) is 0 Å². The molecular weight excluding hydrogens is 234 g/mol. The van der Waals surface area contributed by atoms with E-state index in [9.17, 15) is 0 Å². The molecule has 1 aliphatic carbocycles. The zero-order valence-corrected chi connectivity index (χ0v) is 12.5. The Morgan fingerprint density at radius 2 is 2.11 bits per heavy atom. The summed E-state index contributed by atoms with van der Waals surface area (Å²) in [4.78, 5) is 7.04. The minimum atomic E-state index is 0.696. The number of aromatic nitrogens is 1. The van der Waals surface area contributed by atoms with Gasteiger partial charge < -0.3 is 10.2 Å². The SMILES string of the molecule is CNCc1cc(N(CC(C)C)C2CCCC2)ccn1. The predicted molar refractivity (Wildman–Crippen MR) is 81.4 cm³/mol. The predicted octanol–water partition coefficient (Wildman–Crippen LogP) is 3.21. The Balaban J connectivity index is 2.18. The summed E-state index contributed by atoms with van der Waals surface area (Å²) in [7, 11) is 1.97. The molecule has 0 bridgehead atoms. The van der Waals surface area contributed by atoms with E-state index in [0.29, 0.717) is 5.92 Å². The second kappa shape index (κ2) is 6.90. The lowest BCUT2D eigenvalue weighted by atomic mass is 10.1. The molecule has 1 fully saturated rings. The van der Waals surface area contributed by atoms with Crippen molar-refractivity contribution in [2.24, 2.45) is 5.92 Å². The molecule has 106 valence electrons. The van der Waals surface area contributed by atoms with Crippen molar-refractivity contribution in [2.75, 3.05) is 18.5 Å². The van der Waals surface area contributed by atoms with Crippen molar-refractivity contribution < 1.29 is 0 Å². The summed E-state index contributed by atoms with van der Waals surface area (Å²) in [5.41, 5.74) is 2.48. The lowest BCUT2D eigenvalue weighted by molar-refractivity contribution is 0.535. The molecule has 1 aromatic rings. The Kier molecular flexibility index (Phi) is 5.20. The van der Waals surface area contributed by atoms with Gasteiger partial charge in [-0.25, -0.2) is 0 Å². The van der Waals surface area contributed by atoms with E-state index in [1.165, 1.54) is 31.4 Å². The lowest BCUT2D eigenvalue weighted by Crippen LogP contribution is -2.36. The van der Waals surface area contributed by atoms with E-state index in [0.717, 1.165) is 24.8 Å². The molecule has 0 saturated heterocycles. The molecule has 0 unspecified atom stereocenters. The fraction of sp³-hybridized carbons (Fsp3) is 0.688. The Labute approximate surface area is 117 Å². The molecule has 1 N–H and O–H groups in total. The van der Waals surface area contributed by atoms with Crippen LogP contribution < -0.4 is 10.2 Å². The summed E-state index contributed by atoms with van der Waals surface area (Å²) in [6.45, 7) is 6.59. The molecule has 3 nitrogen and oxygen atoms in total. The first kappa shape index (κ1) is 14.3. The average molecular weight is 261 g/mol. The molecule has 0 aliphatic heterocycles. The van der Waals surface area contributed by atoms with Gasteiger partial charge in [-0.05, 0) is 37.9 Å². The van der Waals surface area contributed by atoms with Crippen LogP contribution in [0.1, 0.15) is 45.2 Å². The highest BCUT2D eigenvalue weighted by molar-refractivity contribution is 5.48. The molecule has 1 saturated carbocycles. The fourth-order valence-corrected chi connectivity index (χ4v) is 3.00. The standard InChI is InChI=1S/C16H27N3/c1-13(2)12-19(15-6-4-5-7-15)16-8-9-18-14(10-16)11-17-3/h8-10,13,15,17H,4-7,11-12H2,1-3H3. The van der Waals surface area contributed by atoms with Crippen LogP contribution in [-0.4, -0.2) is 24.6 Å². The van der Waals surface area contributed by atoms with Crippen molar-refractivity contribution >= 4 is 5.69 Å². The second-order valence-electron chi connectivity index (χ2n) is 6.02. The number of anilines is 1. The number of rotatable bonds is 6. The summed E-state index contributed by atoms with van der Waals surface area (Å²) in [5.74, 6) is 0.696. The number of nitrogens with one attached hydrogen (secondary N) is 1. The average Bonchev–Trinajstić information content (AvgIpc) is 2.90. The van der Waals surface area contributed by atoms with Crippen LogP contribution in [0.4, 0.5) is 5.69 Å². The molecular formula is C16H27N3. The molecule has 3 heteroatoms. The first-order valence-corrected chi connectivity index (χ1v) is 7.57. The van der Waals surface area contributed by atoms with Crippen molar-refractivity contribution in [1.29, 1.82) is 0 Å². The van der Waals surface area contributed by atoms with Crippen LogP contribution in [0.2, 0.25) is 0 Å². The molecule has 1 aliphatic rings. The Hall–Kier alpha value is -1.09. The molecule has 1 aromatic heterocycles. The maximum absolute atomic E-state index is 4.43. The molecule has 0 amide bonds. The van der Waals surface area contributed by atoms with E-state index in [2.05, 4.69) is 41.2 Å². The van der Waals surface area contributed by atoms with Gasteiger partial charge in [-0.3, -0.25) is 4.98 Å². The summed E-state index contributed by atoms with van der Waals surface area (Å²) >= 11 is 0. The molecule has 2 rings (SSSR count). The monoisotopic (exact) mass is 261 g/mol. The number of nitrogens with zero attached hydrogens (tertiary/aromatic N) is 2. The van der Waals surface area contributed by atoms with Gasteiger partial charge in [-0.2, -0.15) is 0 Å². The summed E-state index contributed by atoms with van der Waals surface area (Å²) < 4.78 is 0. The van der Waals surface area contributed by atoms with E-state index < -0.39 is 0 Å². The van der Waals surface area contributed by atoms with Crippen molar-refractivity contribution in [3.05, 3.63) is 24.0 Å².